The fourth-order valence-corrected chi connectivity index (χ4v) is 24.8. The molecule has 0 rings (SSSR count). The Bertz CT molecular complexity index is 3560. The van der Waals surface area contributed by atoms with Gasteiger partial charge in [-0.15, -0.1) is 0 Å². The van der Waals surface area contributed by atoms with Gasteiger partial charge < -0.3 is 119 Å². The van der Waals surface area contributed by atoms with Crippen molar-refractivity contribution >= 4 is 156 Å². The van der Waals surface area contributed by atoms with E-state index in [-0.39, 0.29) is 0 Å². The van der Waals surface area contributed by atoms with E-state index < -0.39 is 147 Å². The molecule has 0 fully saturated rings. The van der Waals surface area contributed by atoms with E-state index in [0.717, 1.165) is 55.5 Å². The summed E-state index contributed by atoms with van der Waals surface area (Å²) < 4.78 is 26.9. The Labute approximate surface area is 893 Å². The summed E-state index contributed by atoms with van der Waals surface area (Å²) in [6.45, 7) is 105. The predicted molar refractivity (Wildman–Crippen MR) is 669 cm³/mol. The fourth-order valence-electron chi connectivity index (χ4n) is 9.80. The number of hydrogen-bond acceptors (Lipinski definition) is 30. The van der Waals surface area contributed by atoms with Crippen molar-refractivity contribution in [1.29, 1.82) is 0 Å². The first-order chi connectivity index (χ1) is 63.3. The van der Waals surface area contributed by atoms with Crippen molar-refractivity contribution in [3.63, 3.8) is 0 Å². The lowest BCUT2D eigenvalue weighted by Crippen LogP contribution is -2.57. The molecule has 0 aromatic rings. The van der Waals surface area contributed by atoms with Crippen molar-refractivity contribution in [2.75, 3.05) is 84.6 Å². The normalized spacial score (nSPS) is 16.4. The van der Waals surface area contributed by atoms with Crippen LogP contribution in [0.3, 0.4) is 0 Å². The predicted octanol–water partition coefficient (Wildman–Crippen LogP) is 21.4. The highest BCUT2D eigenvalue weighted by Gasteiger charge is 2.46. The Morgan fingerprint density at radius 3 is 0.650 bits per heavy atom. The van der Waals surface area contributed by atoms with Crippen molar-refractivity contribution in [3.8, 4) is 0 Å². The molecule has 0 saturated heterocycles. The SMILES string of the molecule is C=CC(C)(O)C=NN(C)C.C=CC(C)(O)C=N[Si](C)(C)C.CC(C)(O)C=N[Si](C)(C)C.CC(O)(C=N[Si](C)(C)C)[Si](C)(C)C.CCC(C)(O)C=NN(C)C.CCC(C)(O)C=N[Si](C)(C)C.CCC(O)(C=NN(C)C)CC.CCC(O)(C=N[Si](C)(C)C)CC.CC[Si](CC)(CC)C(C)(O)C=NN(C)C.CC[Si](CC)(CC)N=CC(C)(O)[Si](CC)(CC)CC.CN(C)N=CC(C)(C)O.CN(C)N=CC(C)(O)[Si](C)(C)C. The zero-order chi connectivity index (χ0) is 117. The lowest BCUT2D eigenvalue weighted by Gasteiger charge is -2.40. The topological polar surface area (TPSA) is 411 Å². The van der Waals surface area contributed by atoms with E-state index in [0.29, 0.717) is 19.3 Å². The zero-order valence-corrected chi connectivity index (χ0v) is 115. The highest BCUT2D eigenvalue weighted by Crippen LogP contribution is 2.34. The average molecular weight is 2200 g/mol. The van der Waals surface area contributed by atoms with Crippen molar-refractivity contribution in [2.24, 2.45) is 58.6 Å². The molecule has 0 aliphatic heterocycles. The summed E-state index contributed by atoms with van der Waals surface area (Å²) in [6, 6.07) is 10.3. The average Bonchev–Trinajstić information content (AvgIpc) is 0.802. The van der Waals surface area contributed by atoms with Crippen LogP contribution in [0.2, 0.25) is 192 Å². The minimum Gasteiger partial charge on any atom is -0.388 e. The molecule has 0 aliphatic carbocycles. The third-order valence-corrected chi connectivity index (χ3v) is 51.6. The van der Waals surface area contributed by atoms with E-state index in [1.54, 1.807) is 155 Å². The second-order valence-corrected chi connectivity index (χ2v) is 98.5. The smallest absolute Gasteiger partial charge is 0.180 e. The van der Waals surface area contributed by atoms with Crippen LogP contribution in [0.5, 0.6) is 0 Å². The zero-order valence-electron chi connectivity index (χ0n) is 105. The van der Waals surface area contributed by atoms with Gasteiger partial charge in [0.05, 0.1) is 118 Å². The third-order valence-electron chi connectivity index (χ3n) is 23.5. The van der Waals surface area contributed by atoms with Crippen molar-refractivity contribution < 1.29 is 61.3 Å². The minimum atomic E-state index is -1.65. The second kappa shape index (κ2) is 74.1. The summed E-state index contributed by atoms with van der Waals surface area (Å²) in [5.74, 6) is 0. The van der Waals surface area contributed by atoms with Gasteiger partial charge in [-0.1, -0.05) is 205 Å². The van der Waals surface area contributed by atoms with Gasteiger partial charge in [0, 0.05) is 122 Å². The molecule has 0 heterocycles. The molecule has 12 N–H and O–H groups in total. The van der Waals surface area contributed by atoms with Crippen LogP contribution in [0.15, 0.2) is 83.9 Å². The summed E-state index contributed by atoms with van der Waals surface area (Å²) in [7, 11) is 7.06. The Hall–Kier alpha value is -3.99. The summed E-state index contributed by atoms with van der Waals surface area (Å²) >= 11 is 0. The molecule has 0 spiro atoms. The Balaban J connectivity index is -0.000000132. The van der Waals surface area contributed by atoms with Crippen LogP contribution in [0.25, 0.3) is 0 Å². The minimum absolute atomic E-state index is 0.650. The van der Waals surface area contributed by atoms with Crippen LogP contribution in [-0.4, -0.2) is 398 Å². The molecular weight excluding hydrogens is 1960 g/mol. The molecule has 30 nitrogen and oxygen atoms in total. The van der Waals surface area contributed by atoms with E-state index in [4.69, 9.17) is 9.76 Å². The van der Waals surface area contributed by atoms with E-state index in [1.165, 1.54) is 42.7 Å². The van der Waals surface area contributed by atoms with E-state index >= 15 is 0 Å². The van der Waals surface area contributed by atoms with Crippen LogP contribution < -0.4 is 0 Å². The highest BCUT2D eigenvalue weighted by molar-refractivity contribution is 6.86. The van der Waals surface area contributed by atoms with Crippen LogP contribution in [0.4, 0.5) is 0 Å². The molecule has 0 saturated carbocycles. The summed E-state index contributed by atoms with van der Waals surface area (Å²) in [6.07, 6.45) is 27.1. The first-order valence-corrected chi connectivity index (χ1v) is 84.0. The highest BCUT2D eigenvalue weighted by atomic mass is 28.4. The monoisotopic (exact) mass is 2200 g/mol. The molecular formula is C103H240N18O12Si10. The summed E-state index contributed by atoms with van der Waals surface area (Å²) in [5, 5.41) is 148. The van der Waals surface area contributed by atoms with Crippen molar-refractivity contribution in [3.05, 3.63) is 25.3 Å². The molecule has 143 heavy (non-hydrogen) atoms. The number of aliphatic hydroxyl groups is 12. The molecule has 854 valence electrons. The van der Waals surface area contributed by atoms with Gasteiger partial charge in [-0.3, -0.25) is 0 Å². The molecule has 0 bridgehead atoms. The number of nitrogens with zero attached hydrogens (tertiary/aromatic N) is 18. The Kier molecular flexibility index (Phi) is 85.0. The molecule has 0 aliphatic rings. The van der Waals surface area contributed by atoms with E-state index in [1.807, 2.05) is 146 Å². The quantitative estimate of drug-likeness (QED) is 0.0117. The fraction of sp³-hybridized carbons (Fsp3) is 0.845. The van der Waals surface area contributed by atoms with Gasteiger partial charge in [0.1, 0.15) is 16.8 Å². The van der Waals surface area contributed by atoms with Gasteiger partial charge >= 0.3 is 0 Å². The standard InChI is InChI=1S/C15H35NOSi2.C11H26N2OSi.C9H23NOSi2.C9H21NOSi.C8H20N2OSi.C8H18N2O.C8H19NOSi.C8H17NOSi.C7H16N2O.C7H14N2O.C7H17NOSi.C6H14N2O/c1-8-18(9-2,10-3)15(7,17)14-16-19(11-4,12-5)13-6;1-7-15(8-2,9-3)11(4,14)10-12-13(5)6;1-9(11,12(2,3)4)8-10-13(5,6)7;1-6-9(11,7-2)8-10-12(3,4)5;1-8(11,12(4,5)6)7-9-10(2)3;1-5-8(11,6-2)7-9-10(3)4;2*1-6-8(2,10)7-9-11(3,4)5;2*1-5-7(2,10)6-8-9(3)4;1-7(2,9)6-8-10(3,4)5;1-6(2,9)5-7-8(3)4/h14,17H,8-13H2,1-7H3;10,14H,7-9H2,1-6H3;8,11H,1-7H3;8,11H,6-7H2,1-5H3;7,11H,1-6H3;7,11H,5-6H2,1-4H3;7,10H,6H2,1-5H3;6-7,10H,1H2,2-5H3;6,10H,5H2,1-4H3;5-6,10H,1H2,2-4H3;6,9H,1-5H3;5,9H,1-4H3. The first-order valence-electron chi connectivity index (χ1n) is 52.0. The maximum Gasteiger partial charge on any atom is 0.180 e. The van der Waals surface area contributed by atoms with E-state index in [2.05, 4.69) is 267 Å². The molecule has 0 aromatic heterocycles. The summed E-state index contributed by atoms with van der Waals surface area (Å²) in [5.41, 5.74) is -6.34. The van der Waals surface area contributed by atoms with Gasteiger partial charge in [-0.2, -0.15) is 30.6 Å². The largest absolute Gasteiger partial charge is 0.388 e. The number of hydrazone groups is 6. The molecule has 0 radical (unpaired) electrons. The molecule has 40 heteroatoms. The van der Waals surface area contributed by atoms with Crippen LogP contribution >= 0.6 is 0 Å². The maximum absolute atomic E-state index is 11.0. The molecule has 8 unspecified atom stereocenters. The van der Waals surface area contributed by atoms with Crippen LogP contribution in [0, 0.1) is 0 Å². The van der Waals surface area contributed by atoms with Gasteiger partial charge in [0.2, 0.25) is 0 Å². The Morgan fingerprint density at radius 2 is 0.420 bits per heavy atom. The number of rotatable bonds is 45. The second-order valence-electron chi connectivity index (χ2n) is 48.2. The van der Waals surface area contributed by atoms with Gasteiger partial charge in [-0.05, 0) is 238 Å². The van der Waals surface area contributed by atoms with E-state index in [9.17, 15) is 56.2 Å². The van der Waals surface area contributed by atoms with Gasteiger partial charge in [0.15, 0.2) is 49.4 Å². The third kappa shape index (κ3) is 98.5. The maximum atomic E-state index is 11.0. The lowest BCUT2D eigenvalue weighted by molar-refractivity contribution is 0.107. The lowest BCUT2D eigenvalue weighted by atomic mass is 10.00. The van der Waals surface area contributed by atoms with Crippen molar-refractivity contribution in [2.45, 2.75) is 483 Å². The molecule has 0 amide bonds. The first kappa shape index (κ1) is 164. The van der Waals surface area contributed by atoms with Crippen LogP contribution in [-0.2, 0) is 0 Å². The van der Waals surface area contributed by atoms with Crippen molar-refractivity contribution in [1.82, 2.24) is 30.1 Å². The Morgan fingerprint density at radius 1 is 0.217 bits per heavy atom. The number of hydrogen-bond donors (Lipinski definition) is 12. The summed E-state index contributed by atoms with van der Waals surface area (Å²) in [4.78, 5) is 0. The van der Waals surface area contributed by atoms with Gasteiger partial charge in [-0.25, -0.2) is 0 Å². The molecule has 0 aromatic carbocycles. The molecule has 8 atom stereocenters. The van der Waals surface area contributed by atoms with Crippen LogP contribution in [0.1, 0.15) is 225 Å². The van der Waals surface area contributed by atoms with Gasteiger partial charge in [0.25, 0.3) is 0 Å².